The maximum absolute atomic E-state index is 13.2. The summed E-state index contributed by atoms with van der Waals surface area (Å²) in [4.78, 5) is 15.5. The summed E-state index contributed by atoms with van der Waals surface area (Å²) in [5.41, 5.74) is 3.71. The first-order valence-corrected chi connectivity index (χ1v) is 10.2. The van der Waals surface area contributed by atoms with Crippen LogP contribution in [0.5, 0.6) is 0 Å². The van der Waals surface area contributed by atoms with Gasteiger partial charge in [0, 0.05) is 28.1 Å². The quantitative estimate of drug-likeness (QED) is 0.538. The summed E-state index contributed by atoms with van der Waals surface area (Å²) in [5.74, 6) is 0.00350. The third-order valence-electron chi connectivity index (χ3n) is 4.65. The molecule has 2 aliphatic heterocycles. The molecule has 132 valence electrons. The first kappa shape index (κ1) is 17.7. The molecule has 5 heteroatoms. The van der Waals surface area contributed by atoms with E-state index in [-0.39, 0.29) is 5.78 Å². The van der Waals surface area contributed by atoms with Crippen LogP contribution in [-0.2, 0) is 0 Å². The van der Waals surface area contributed by atoms with Crippen LogP contribution in [0, 0.1) is 0 Å². The van der Waals surface area contributed by atoms with Gasteiger partial charge in [0.25, 0.3) is 0 Å². The van der Waals surface area contributed by atoms with Crippen LogP contribution in [0.15, 0.2) is 64.5 Å². The molecule has 0 saturated heterocycles. The van der Waals surface area contributed by atoms with Crippen molar-refractivity contribution in [2.45, 2.75) is 19.3 Å². The number of hydrogen-bond donors (Lipinski definition) is 0. The molecule has 0 amide bonds. The maximum Gasteiger partial charge on any atom is 0.193 e. The molecule has 0 unspecified atom stereocenters. The Morgan fingerprint density at radius 2 is 1.85 bits per heavy atom. The van der Waals surface area contributed by atoms with E-state index in [0.717, 1.165) is 36.4 Å². The molecule has 26 heavy (non-hydrogen) atoms. The van der Waals surface area contributed by atoms with E-state index in [0.29, 0.717) is 15.6 Å². The van der Waals surface area contributed by atoms with E-state index in [2.05, 4.69) is 22.4 Å². The summed E-state index contributed by atoms with van der Waals surface area (Å²) in [7, 11) is 0. The third-order valence-corrected chi connectivity index (χ3v) is 6.23. The van der Waals surface area contributed by atoms with Crippen LogP contribution < -0.4 is 0 Å². The van der Waals surface area contributed by atoms with Crippen molar-refractivity contribution < 1.29 is 4.79 Å². The number of hydrogen-bond acceptors (Lipinski definition) is 3. The number of halogens is 2. The molecule has 0 N–H and O–H groups in total. The Hall–Kier alpha value is -1.68. The monoisotopic (exact) mass is 401 g/mol. The summed E-state index contributed by atoms with van der Waals surface area (Å²) < 4.78 is 0. The van der Waals surface area contributed by atoms with Crippen LogP contribution in [0.25, 0.3) is 5.70 Å². The predicted octanol–water partition coefficient (Wildman–Crippen LogP) is 6.62. The largest absolute Gasteiger partial charge is 0.335 e. The average Bonchev–Trinajstić information content (AvgIpc) is 2.94. The zero-order chi connectivity index (χ0) is 18.1. The number of rotatable bonds is 3. The molecule has 0 fully saturated rings. The highest BCUT2D eigenvalue weighted by molar-refractivity contribution is 8.06. The summed E-state index contributed by atoms with van der Waals surface area (Å²) in [6.45, 7) is 0.925. The van der Waals surface area contributed by atoms with Gasteiger partial charge in [0.1, 0.15) is 0 Å². The number of fused-ring (bicyclic) bond motifs is 1. The number of benzene rings is 2. The van der Waals surface area contributed by atoms with E-state index in [1.54, 1.807) is 30.0 Å². The van der Waals surface area contributed by atoms with Crippen molar-refractivity contribution in [2.24, 2.45) is 0 Å². The minimum Gasteiger partial charge on any atom is -0.335 e. The molecule has 0 spiro atoms. The Bertz CT molecular complexity index is 921. The molecule has 4 rings (SSSR count). The lowest BCUT2D eigenvalue weighted by molar-refractivity contribution is 0.102. The normalized spacial score (nSPS) is 17.0. The van der Waals surface area contributed by atoms with Gasteiger partial charge in [-0.3, -0.25) is 4.79 Å². The number of ketones is 1. The number of thioether (sulfide) groups is 1. The molecule has 2 heterocycles. The molecular weight excluding hydrogens is 385 g/mol. The van der Waals surface area contributed by atoms with Crippen molar-refractivity contribution >= 4 is 46.4 Å². The van der Waals surface area contributed by atoms with Crippen molar-refractivity contribution in [3.8, 4) is 0 Å². The van der Waals surface area contributed by atoms with Gasteiger partial charge in [0.2, 0.25) is 0 Å². The smallest absolute Gasteiger partial charge is 0.193 e. The second-order valence-corrected chi connectivity index (χ2v) is 8.03. The molecule has 0 aliphatic carbocycles. The van der Waals surface area contributed by atoms with E-state index in [1.165, 1.54) is 11.3 Å². The van der Waals surface area contributed by atoms with Gasteiger partial charge in [0.15, 0.2) is 5.78 Å². The van der Waals surface area contributed by atoms with Crippen LogP contribution in [0.2, 0.25) is 10.0 Å². The van der Waals surface area contributed by atoms with E-state index in [9.17, 15) is 4.79 Å². The van der Waals surface area contributed by atoms with Crippen LogP contribution in [0.4, 0.5) is 0 Å². The van der Waals surface area contributed by atoms with E-state index in [4.69, 9.17) is 23.2 Å². The molecule has 2 nitrogen and oxygen atoms in total. The highest BCUT2D eigenvalue weighted by atomic mass is 35.5. The van der Waals surface area contributed by atoms with Crippen LogP contribution in [0.3, 0.4) is 0 Å². The lowest BCUT2D eigenvalue weighted by Crippen LogP contribution is -2.19. The molecule has 0 saturated carbocycles. The zero-order valence-electron chi connectivity index (χ0n) is 14.0. The summed E-state index contributed by atoms with van der Waals surface area (Å²) in [5, 5.41) is 4.13. The van der Waals surface area contributed by atoms with E-state index < -0.39 is 0 Å². The summed E-state index contributed by atoms with van der Waals surface area (Å²) in [6.07, 6.45) is 2.82. The minimum absolute atomic E-state index is 0.00350. The SMILES string of the molecule is O=C(C1=C2SC=C(c3ccccc3)N2CCCC1)c1ccc(Cl)cc1Cl. The van der Waals surface area contributed by atoms with Gasteiger partial charge in [-0.15, -0.1) is 0 Å². The standard InChI is InChI=1S/C21H17Cl2NOS/c22-15-9-10-16(18(23)12-15)20(25)17-8-4-5-11-24-19(13-26-21(17)24)14-6-2-1-3-7-14/h1-3,6-7,9-10,12-13H,4-5,8,11H2. The first-order chi connectivity index (χ1) is 12.6. The number of allylic oxidation sites excluding steroid dienone is 1. The molecule has 0 atom stereocenters. The predicted molar refractivity (Wildman–Crippen MR) is 110 cm³/mol. The van der Waals surface area contributed by atoms with Gasteiger partial charge in [-0.25, -0.2) is 0 Å². The lowest BCUT2D eigenvalue weighted by atomic mass is 10.00. The van der Waals surface area contributed by atoms with Crippen LogP contribution in [-0.4, -0.2) is 17.2 Å². The number of nitrogens with zero attached hydrogens (tertiary/aromatic N) is 1. The van der Waals surface area contributed by atoms with Gasteiger partial charge in [-0.05, 0) is 43.0 Å². The van der Waals surface area contributed by atoms with Gasteiger partial charge in [-0.1, -0.05) is 65.3 Å². The zero-order valence-corrected chi connectivity index (χ0v) is 16.4. The van der Waals surface area contributed by atoms with Crippen molar-refractivity contribution in [1.29, 1.82) is 0 Å². The topological polar surface area (TPSA) is 20.3 Å². The van der Waals surface area contributed by atoms with Crippen LogP contribution in [0.1, 0.15) is 35.2 Å². The first-order valence-electron chi connectivity index (χ1n) is 8.58. The highest BCUT2D eigenvalue weighted by Crippen LogP contribution is 2.44. The maximum atomic E-state index is 13.2. The number of carbonyl (C=O) groups is 1. The highest BCUT2D eigenvalue weighted by Gasteiger charge is 2.30. The van der Waals surface area contributed by atoms with E-state index in [1.807, 2.05) is 18.2 Å². The summed E-state index contributed by atoms with van der Waals surface area (Å²) >= 11 is 13.9. The second-order valence-electron chi connectivity index (χ2n) is 6.33. The molecule has 0 radical (unpaired) electrons. The number of carbonyl (C=O) groups excluding carboxylic acids is 1. The second kappa shape index (κ2) is 7.51. The molecular formula is C21H17Cl2NOS. The van der Waals surface area contributed by atoms with Gasteiger partial charge in [-0.2, -0.15) is 0 Å². The van der Waals surface area contributed by atoms with Gasteiger partial charge in [0.05, 0.1) is 15.7 Å². The average molecular weight is 402 g/mol. The Kier molecular flexibility index (Phi) is 5.12. The Morgan fingerprint density at radius 1 is 1.04 bits per heavy atom. The molecule has 0 bridgehead atoms. The molecule has 2 aliphatic rings. The Balaban J connectivity index is 1.73. The van der Waals surface area contributed by atoms with Crippen molar-refractivity contribution in [2.75, 3.05) is 6.54 Å². The number of Topliss-reactive ketones (excluding diaryl/α,β-unsaturated/α-hetero) is 1. The molecule has 2 aromatic rings. The van der Waals surface area contributed by atoms with Crippen molar-refractivity contribution in [1.82, 2.24) is 4.90 Å². The fourth-order valence-corrected chi connectivity index (χ4v) is 5.00. The van der Waals surface area contributed by atoms with Gasteiger partial charge < -0.3 is 4.90 Å². The fourth-order valence-electron chi connectivity index (χ4n) is 3.36. The Morgan fingerprint density at radius 3 is 2.62 bits per heavy atom. The molecule has 2 aromatic carbocycles. The van der Waals surface area contributed by atoms with E-state index >= 15 is 0 Å². The molecule has 0 aromatic heterocycles. The van der Waals surface area contributed by atoms with Gasteiger partial charge >= 0.3 is 0 Å². The van der Waals surface area contributed by atoms with Crippen molar-refractivity contribution in [3.05, 3.63) is 85.7 Å². The third kappa shape index (κ3) is 3.32. The van der Waals surface area contributed by atoms with Crippen LogP contribution >= 0.6 is 35.0 Å². The Labute approximate surface area is 167 Å². The summed E-state index contributed by atoms with van der Waals surface area (Å²) in [6, 6.07) is 15.4. The van der Waals surface area contributed by atoms with Crippen molar-refractivity contribution in [3.63, 3.8) is 0 Å². The fraction of sp³-hybridized carbons (Fsp3) is 0.190. The minimum atomic E-state index is 0.00350. The lowest BCUT2D eigenvalue weighted by Gasteiger charge is -2.23.